The summed E-state index contributed by atoms with van der Waals surface area (Å²) < 4.78 is 10.7. The second-order valence-electron chi connectivity index (χ2n) is 4.22. The molecule has 0 spiro atoms. The van der Waals surface area contributed by atoms with Crippen LogP contribution in [0.15, 0.2) is 16.7 Å². The Morgan fingerprint density at radius 3 is 3.11 bits per heavy atom. The number of carbonyl (C=O) groups is 2. The Morgan fingerprint density at radius 1 is 1.63 bits per heavy atom. The topological polar surface area (TPSA) is 65.5 Å². The van der Waals surface area contributed by atoms with Crippen LogP contribution in [0.3, 0.4) is 0 Å². The summed E-state index contributed by atoms with van der Waals surface area (Å²) in [6.45, 7) is 0.346. The van der Waals surface area contributed by atoms with Crippen LogP contribution in [0.1, 0.15) is 18.4 Å². The number of rotatable bonds is 4. The Morgan fingerprint density at radius 2 is 2.42 bits per heavy atom. The highest BCUT2D eigenvalue weighted by atomic mass is 79.9. The van der Waals surface area contributed by atoms with Gasteiger partial charge < -0.3 is 9.47 Å². The fourth-order valence-electron chi connectivity index (χ4n) is 1.71. The maximum Gasteiger partial charge on any atom is 0.306 e. The van der Waals surface area contributed by atoms with Crippen LogP contribution in [0.5, 0.6) is 0 Å². The van der Waals surface area contributed by atoms with Gasteiger partial charge in [-0.1, -0.05) is 11.6 Å². The van der Waals surface area contributed by atoms with E-state index in [4.69, 9.17) is 21.1 Å². The van der Waals surface area contributed by atoms with E-state index < -0.39 is 0 Å². The van der Waals surface area contributed by atoms with Gasteiger partial charge in [-0.05, 0) is 22.0 Å². The average molecular weight is 349 g/mol. The molecule has 0 saturated carbocycles. The molecule has 1 saturated heterocycles. The number of esters is 2. The van der Waals surface area contributed by atoms with Crippen molar-refractivity contribution in [2.75, 3.05) is 6.61 Å². The number of pyridine rings is 1. The lowest BCUT2D eigenvalue weighted by atomic mass is 10.1. The average Bonchev–Trinajstić information content (AvgIpc) is 2.76. The zero-order chi connectivity index (χ0) is 13.8. The second kappa shape index (κ2) is 6.34. The minimum Gasteiger partial charge on any atom is -0.465 e. The first-order valence-corrected chi connectivity index (χ1v) is 6.83. The van der Waals surface area contributed by atoms with Gasteiger partial charge in [-0.2, -0.15) is 0 Å². The maximum atomic E-state index is 11.6. The minimum atomic E-state index is -0.376. The summed E-state index contributed by atoms with van der Waals surface area (Å²) in [7, 11) is 0. The molecule has 19 heavy (non-hydrogen) atoms. The van der Waals surface area contributed by atoms with Crippen molar-refractivity contribution >= 4 is 39.5 Å². The number of halogens is 2. The van der Waals surface area contributed by atoms with Gasteiger partial charge in [-0.25, -0.2) is 4.98 Å². The fourth-order valence-corrected chi connectivity index (χ4v) is 2.25. The van der Waals surface area contributed by atoms with Crippen LogP contribution in [-0.2, 0) is 25.7 Å². The molecule has 1 aromatic rings. The van der Waals surface area contributed by atoms with E-state index in [0.717, 1.165) is 4.47 Å². The highest BCUT2D eigenvalue weighted by Gasteiger charge is 2.26. The van der Waals surface area contributed by atoms with Gasteiger partial charge in [0.25, 0.3) is 0 Å². The Bertz CT molecular complexity index is 509. The van der Waals surface area contributed by atoms with Crippen molar-refractivity contribution in [2.24, 2.45) is 5.92 Å². The lowest BCUT2D eigenvalue weighted by molar-refractivity contribution is -0.146. The van der Waals surface area contributed by atoms with Crippen LogP contribution < -0.4 is 0 Å². The number of nitrogens with zero attached hydrogens (tertiary/aromatic N) is 1. The van der Waals surface area contributed by atoms with Crippen LogP contribution >= 0.6 is 27.5 Å². The van der Waals surface area contributed by atoms with Crippen LogP contribution in [0.25, 0.3) is 0 Å². The van der Waals surface area contributed by atoms with E-state index in [1.807, 2.05) is 0 Å². The van der Waals surface area contributed by atoms with Gasteiger partial charge in [-0.3, -0.25) is 9.59 Å². The van der Waals surface area contributed by atoms with Crippen molar-refractivity contribution in [3.8, 4) is 0 Å². The van der Waals surface area contributed by atoms with Gasteiger partial charge in [0.1, 0.15) is 11.8 Å². The second-order valence-corrected chi connectivity index (χ2v) is 5.50. The van der Waals surface area contributed by atoms with Crippen LogP contribution in [-0.4, -0.2) is 23.5 Å². The molecule has 0 amide bonds. The summed E-state index contributed by atoms with van der Waals surface area (Å²) in [6, 6.07) is 1.74. The van der Waals surface area contributed by atoms with Crippen molar-refractivity contribution < 1.29 is 19.1 Å². The van der Waals surface area contributed by atoms with Crippen LogP contribution in [0.2, 0.25) is 5.15 Å². The molecule has 102 valence electrons. The molecule has 5 nitrogen and oxygen atoms in total. The van der Waals surface area contributed by atoms with Gasteiger partial charge in [0.05, 0.1) is 19.4 Å². The van der Waals surface area contributed by atoms with Gasteiger partial charge in [-0.15, -0.1) is 0 Å². The molecule has 0 aliphatic carbocycles. The Balaban J connectivity index is 1.83. The third-order valence-corrected chi connectivity index (χ3v) is 3.43. The van der Waals surface area contributed by atoms with E-state index in [1.54, 1.807) is 12.3 Å². The van der Waals surface area contributed by atoms with Crippen LogP contribution in [0.4, 0.5) is 0 Å². The largest absolute Gasteiger partial charge is 0.465 e. The van der Waals surface area contributed by atoms with Gasteiger partial charge in [0, 0.05) is 22.2 Å². The Hall–Kier alpha value is -1.14. The van der Waals surface area contributed by atoms with E-state index in [2.05, 4.69) is 20.9 Å². The molecule has 7 heteroatoms. The fraction of sp³-hybridized carbons (Fsp3) is 0.417. The molecular formula is C12H11BrClNO4. The highest BCUT2D eigenvalue weighted by Crippen LogP contribution is 2.21. The number of hydrogen-bond donors (Lipinski definition) is 0. The van der Waals surface area contributed by atoms with Crippen molar-refractivity contribution in [3.63, 3.8) is 0 Å². The zero-order valence-corrected chi connectivity index (χ0v) is 12.2. The standard InChI is InChI=1S/C12H11BrClNO4/c13-9-3-8(12(14)15-4-9)6-19-11(17)2-7-1-10(16)18-5-7/h3-4,7H,1-2,5-6H2. The van der Waals surface area contributed by atoms with Crippen molar-refractivity contribution in [1.29, 1.82) is 0 Å². The van der Waals surface area contributed by atoms with Gasteiger partial charge >= 0.3 is 11.9 Å². The van der Waals surface area contributed by atoms with Gasteiger partial charge in [0.15, 0.2) is 0 Å². The molecule has 1 fully saturated rings. The van der Waals surface area contributed by atoms with Gasteiger partial charge in [0.2, 0.25) is 0 Å². The lowest BCUT2D eigenvalue weighted by Crippen LogP contribution is -2.12. The summed E-state index contributed by atoms with van der Waals surface area (Å²) in [5, 5.41) is 0.301. The minimum absolute atomic E-state index is 0.0611. The first kappa shape index (κ1) is 14.3. The number of ether oxygens (including phenoxy) is 2. The molecule has 2 rings (SSSR count). The number of carbonyl (C=O) groups excluding carboxylic acids is 2. The molecule has 0 bridgehead atoms. The highest BCUT2D eigenvalue weighted by molar-refractivity contribution is 9.10. The Labute approximate surface area is 123 Å². The molecule has 1 unspecified atom stereocenters. The summed E-state index contributed by atoms with van der Waals surface area (Å²) in [4.78, 5) is 26.4. The molecule has 1 atom stereocenters. The summed E-state index contributed by atoms with van der Waals surface area (Å²) in [5.41, 5.74) is 0.628. The van der Waals surface area contributed by atoms with Crippen molar-refractivity contribution in [1.82, 2.24) is 4.98 Å². The summed E-state index contributed by atoms with van der Waals surface area (Å²) in [6.07, 6.45) is 2.01. The predicted molar refractivity (Wildman–Crippen MR) is 70.4 cm³/mol. The molecule has 1 aromatic heterocycles. The molecule has 1 aliphatic heterocycles. The monoisotopic (exact) mass is 347 g/mol. The number of aromatic nitrogens is 1. The first-order chi connectivity index (χ1) is 9.04. The normalized spacial score (nSPS) is 18.2. The van der Waals surface area contributed by atoms with E-state index in [9.17, 15) is 9.59 Å². The number of cyclic esters (lactones) is 1. The number of hydrogen-bond acceptors (Lipinski definition) is 5. The predicted octanol–water partition coefficient (Wildman–Crippen LogP) is 2.49. The van der Waals surface area contributed by atoms with E-state index in [0.29, 0.717) is 10.7 Å². The third kappa shape index (κ3) is 4.18. The molecule has 0 aromatic carbocycles. The Kier molecular flexibility index (Phi) is 4.76. The molecular weight excluding hydrogens is 337 g/mol. The zero-order valence-electron chi connectivity index (χ0n) is 9.90. The molecule has 0 N–H and O–H groups in total. The van der Waals surface area contributed by atoms with Crippen molar-refractivity contribution in [3.05, 3.63) is 27.5 Å². The van der Waals surface area contributed by atoms with Crippen molar-refractivity contribution in [2.45, 2.75) is 19.4 Å². The third-order valence-electron chi connectivity index (χ3n) is 2.66. The lowest BCUT2D eigenvalue weighted by Gasteiger charge is -2.08. The summed E-state index contributed by atoms with van der Waals surface area (Å²) >= 11 is 9.15. The molecule has 0 radical (unpaired) electrons. The molecule has 2 heterocycles. The van der Waals surface area contributed by atoms with E-state index >= 15 is 0 Å². The quantitative estimate of drug-likeness (QED) is 0.618. The molecule has 1 aliphatic rings. The maximum absolute atomic E-state index is 11.6. The summed E-state index contributed by atoms with van der Waals surface area (Å²) in [5.74, 6) is -0.729. The SMILES string of the molecule is O=C(CC1COC(=O)C1)OCc1cc(Br)cnc1Cl. The first-order valence-electron chi connectivity index (χ1n) is 5.66. The van der Waals surface area contributed by atoms with E-state index in [-0.39, 0.29) is 43.9 Å². The van der Waals surface area contributed by atoms with Crippen LogP contribution in [0, 0.1) is 5.92 Å². The van der Waals surface area contributed by atoms with E-state index in [1.165, 1.54) is 0 Å². The smallest absolute Gasteiger partial charge is 0.306 e.